The molecule has 2 fully saturated rings. The molecule has 1 N–H and O–H groups in total. The molecule has 0 bridgehead atoms. The number of imide groups is 1. The zero-order valence-electron chi connectivity index (χ0n) is 17.0. The minimum Gasteiger partial charge on any atom is -0.497 e. The molecule has 4 rings (SSSR count). The Morgan fingerprint density at radius 3 is 2.19 bits per heavy atom. The molecule has 2 heterocycles. The first-order chi connectivity index (χ1) is 14.8. The van der Waals surface area contributed by atoms with E-state index in [1.165, 1.54) is 21.3 Å². The maximum absolute atomic E-state index is 13.0. The van der Waals surface area contributed by atoms with Gasteiger partial charge < -0.3 is 9.64 Å². The predicted molar refractivity (Wildman–Crippen MR) is 115 cm³/mol. The van der Waals surface area contributed by atoms with Crippen molar-refractivity contribution < 1.29 is 27.6 Å². The maximum Gasteiger partial charge on any atom is 0.292 e. The number of carbonyl (C=O) groups is 2. The minimum atomic E-state index is -3.62. The van der Waals surface area contributed by atoms with Crippen molar-refractivity contribution in [2.75, 3.05) is 38.2 Å². The van der Waals surface area contributed by atoms with Gasteiger partial charge in [-0.15, -0.1) is 0 Å². The Kier molecular flexibility index (Phi) is 6.02. The summed E-state index contributed by atoms with van der Waals surface area (Å²) in [4.78, 5) is 27.9. The molecule has 31 heavy (non-hydrogen) atoms. The lowest BCUT2D eigenvalue weighted by Crippen LogP contribution is -3.19. The Morgan fingerprint density at radius 1 is 1.00 bits per heavy atom. The van der Waals surface area contributed by atoms with E-state index in [0.29, 0.717) is 29.5 Å². The number of piperazine rings is 1. The van der Waals surface area contributed by atoms with Crippen LogP contribution in [-0.4, -0.2) is 63.9 Å². The molecular weight excluding hydrogens is 442 g/mol. The van der Waals surface area contributed by atoms with Crippen LogP contribution in [0.4, 0.5) is 5.69 Å². The van der Waals surface area contributed by atoms with Gasteiger partial charge in [-0.25, -0.2) is 13.3 Å². The van der Waals surface area contributed by atoms with Gasteiger partial charge in [-0.3, -0.25) is 9.59 Å². The number of quaternary nitrogens is 1. The Bertz CT molecular complexity index is 1080. The van der Waals surface area contributed by atoms with Crippen LogP contribution in [0.1, 0.15) is 6.42 Å². The summed E-state index contributed by atoms with van der Waals surface area (Å²) in [5, 5.41) is 0.471. The van der Waals surface area contributed by atoms with Crippen molar-refractivity contribution in [2.45, 2.75) is 17.4 Å². The largest absolute Gasteiger partial charge is 0.497 e. The highest BCUT2D eigenvalue weighted by atomic mass is 35.5. The van der Waals surface area contributed by atoms with E-state index in [9.17, 15) is 18.0 Å². The molecule has 2 aromatic carbocycles. The number of hydrogen-bond acceptors (Lipinski definition) is 5. The number of nitrogens with zero attached hydrogens (tertiary/aromatic N) is 2. The lowest BCUT2D eigenvalue weighted by molar-refractivity contribution is -0.918. The van der Waals surface area contributed by atoms with E-state index in [2.05, 4.69) is 0 Å². The Labute approximate surface area is 186 Å². The van der Waals surface area contributed by atoms with E-state index >= 15 is 0 Å². The number of halogens is 1. The smallest absolute Gasteiger partial charge is 0.292 e. The third-order valence-electron chi connectivity index (χ3n) is 5.79. The molecule has 10 heteroatoms. The topological polar surface area (TPSA) is 88.4 Å². The van der Waals surface area contributed by atoms with Crippen LogP contribution in [0.3, 0.4) is 0 Å². The van der Waals surface area contributed by atoms with E-state index in [1.54, 1.807) is 43.5 Å². The summed E-state index contributed by atoms with van der Waals surface area (Å²) in [5.74, 6) is 0.145. The monoisotopic (exact) mass is 464 g/mol. The lowest BCUT2D eigenvalue weighted by atomic mass is 10.2. The molecule has 2 saturated heterocycles. The normalized spacial score (nSPS) is 21.0. The summed E-state index contributed by atoms with van der Waals surface area (Å²) in [7, 11) is -2.07. The third kappa shape index (κ3) is 4.18. The molecule has 2 aliphatic rings. The average molecular weight is 465 g/mol. The minimum absolute atomic E-state index is 0.115. The third-order valence-corrected chi connectivity index (χ3v) is 7.95. The van der Waals surface area contributed by atoms with Crippen LogP contribution in [0.2, 0.25) is 5.02 Å². The number of nitrogens with one attached hydrogen (secondary N) is 1. The number of hydrogen-bond donors (Lipinski definition) is 1. The molecular formula is C21H23ClN3O5S+. The highest BCUT2D eigenvalue weighted by molar-refractivity contribution is 7.89. The quantitative estimate of drug-likeness (QED) is 0.654. The zero-order chi connectivity index (χ0) is 22.2. The number of methoxy groups -OCH3 is 1. The number of rotatable bonds is 5. The standard InChI is InChI=1S/C21H22ClN3O5S/c1-30-17-6-4-16(5-7-17)25-20(26)14-19(21(25)27)23-10-12-24(13-11-23)31(28,29)18-8-2-15(22)3-9-18/h2-9,19H,10-14H2,1H3/p+1/t19-/m0/s1. The van der Waals surface area contributed by atoms with Crippen LogP contribution in [0, 0.1) is 0 Å². The molecule has 2 amide bonds. The first-order valence-electron chi connectivity index (χ1n) is 9.92. The number of sulfonamides is 1. The van der Waals surface area contributed by atoms with Gasteiger partial charge in [-0.05, 0) is 48.5 Å². The van der Waals surface area contributed by atoms with E-state index in [4.69, 9.17) is 16.3 Å². The van der Waals surface area contributed by atoms with Crippen LogP contribution < -0.4 is 14.5 Å². The van der Waals surface area contributed by atoms with Gasteiger partial charge in [0.05, 0.1) is 50.3 Å². The Balaban J connectivity index is 1.43. The van der Waals surface area contributed by atoms with Crippen molar-refractivity contribution in [2.24, 2.45) is 0 Å². The number of ether oxygens (including phenoxy) is 1. The van der Waals surface area contributed by atoms with Gasteiger partial charge in [-0.1, -0.05) is 11.6 Å². The molecule has 0 saturated carbocycles. The highest BCUT2D eigenvalue weighted by Gasteiger charge is 2.47. The predicted octanol–water partition coefficient (Wildman–Crippen LogP) is 0.570. The van der Waals surface area contributed by atoms with Gasteiger partial charge in [-0.2, -0.15) is 4.31 Å². The molecule has 0 spiro atoms. The summed E-state index contributed by atoms with van der Waals surface area (Å²) < 4.78 is 32.3. The highest BCUT2D eigenvalue weighted by Crippen LogP contribution is 2.25. The first-order valence-corrected chi connectivity index (χ1v) is 11.7. The van der Waals surface area contributed by atoms with Crippen molar-refractivity contribution in [3.05, 3.63) is 53.6 Å². The van der Waals surface area contributed by atoms with Crippen LogP contribution in [-0.2, 0) is 19.6 Å². The van der Waals surface area contributed by atoms with Crippen molar-refractivity contribution in [1.82, 2.24) is 4.31 Å². The summed E-state index contributed by atoms with van der Waals surface area (Å²) in [5.41, 5.74) is 0.515. The average Bonchev–Trinajstić information content (AvgIpc) is 3.08. The Hall–Kier alpha value is -2.46. The summed E-state index contributed by atoms with van der Waals surface area (Å²) >= 11 is 5.85. The van der Waals surface area contributed by atoms with Gasteiger partial charge in [0.25, 0.3) is 5.91 Å². The van der Waals surface area contributed by atoms with Crippen LogP contribution in [0.15, 0.2) is 53.4 Å². The summed E-state index contributed by atoms with van der Waals surface area (Å²) in [6.07, 6.45) is 0.115. The second kappa shape index (κ2) is 8.58. The molecule has 1 atom stereocenters. The fourth-order valence-electron chi connectivity index (χ4n) is 4.07. The SMILES string of the molecule is COc1ccc(N2C(=O)C[C@H]([NH+]3CCN(S(=O)(=O)c4ccc(Cl)cc4)CC3)C2=O)cc1. The van der Waals surface area contributed by atoms with Crippen molar-refractivity contribution in [1.29, 1.82) is 0 Å². The number of carbonyl (C=O) groups excluding carboxylic acids is 2. The molecule has 2 aliphatic heterocycles. The fourth-order valence-corrected chi connectivity index (χ4v) is 5.64. The molecule has 164 valence electrons. The molecule has 0 aliphatic carbocycles. The second-order valence-corrected chi connectivity index (χ2v) is 9.91. The molecule has 2 aromatic rings. The second-order valence-electron chi connectivity index (χ2n) is 7.54. The molecule has 0 radical (unpaired) electrons. The van der Waals surface area contributed by atoms with E-state index < -0.39 is 16.1 Å². The van der Waals surface area contributed by atoms with Crippen molar-refractivity contribution >= 4 is 39.1 Å². The number of amides is 2. The zero-order valence-corrected chi connectivity index (χ0v) is 18.5. The number of anilines is 1. The van der Waals surface area contributed by atoms with Gasteiger partial charge in [0, 0.05) is 5.02 Å². The van der Waals surface area contributed by atoms with Gasteiger partial charge in [0.1, 0.15) is 5.75 Å². The van der Waals surface area contributed by atoms with E-state index in [0.717, 1.165) is 4.90 Å². The van der Waals surface area contributed by atoms with Crippen molar-refractivity contribution in [3.8, 4) is 5.75 Å². The van der Waals surface area contributed by atoms with Crippen LogP contribution in [0.25, 0.3) is 0 Å². The molecule has 0 aromatic heterocycles. The lowest BCUT2D eigenvalue weighted by Gasteiger charge is -2.33. The van der Waals surface area contributed by atoms with Gasteiger partial charge in [0.2, 0.25) is 15.9 Å². The summed E-state index contributed by atoms with van der Waals surface area (Å²) in [6, 6.07) is 12.3. The maximum atomic E-state index is 13.0. The molecule has 0 unspecified atom stereocenters. The fraction of sp³-hybridized carbons (Fsp3) is 0.333. The van der Waals surface area contributed by atoms with Crippen molar-refractivity contribution in [3.63, 3.8) is 0 Å². The Morgan fingerprint density at radius 2 is 1.61 bits per heavy atom. The van der Waals surface area contributed by atoms with Crippen LogP contribution in [0.5, 0.6) is 5.75 Å². The van der Waals surface area contributed by atoms with Gasteiger partial charge in [0.15, 0.2) is 6.04 Å². The number of benzene rings is 2. The van der Waals surface area contributed by atoms with E-state index in [1.807, 2.05) is 0 Å². The van der Waals surface area contributed by atoms with Gasteiger partial charge >= 0.3 is 0 Å². The summed E-state index contributed by atoms with van der Waals surface area (Å²) in [6.45, 7) is 1.46. The van der Waals surface area contributed by atoms with Crippen LogP contribution >= 0.6 is 11.6 Å². The van der Waals surface area contributed by atoms with E-state index in [-0.39, 0.29) is 36.2 Å². The molecule has 8 nitrogen and oxygen atoms in total. The first kappa shape index (κ1) is 21.8.